The lowest BCUT2D eigenvalue weighted by molar-refractivity contribution is 0.571. The average molecular weight is 283 g/mol. The average Bonchev–Trinajstić information content (AvgIpc) is 2.14. The summed E-state index contributed by atoms with van der Waals surface area (Å²) >= 11 is 3.26. The second-order valence-electron chi connectivity index (χ2n) is 4.75. The normalized spacial score (nSPS) is 12.1. The first-order chi connectivity index (χ1) is 7.38. The Bertz CT molecular complexity index is 541. The van der Waals surface area contributed by atoms with Crippen LogP contribution in [0.2, 0.25) is 0 Å². The van der Waals surface area contributed by atoms with Gasteiger partial charge in [0.25, 0.3) is 0 Å². The Hall–Kier alpha value is -1.03. The van der Waals surface area contributed by atoms with Crippen molar-refractivity contribution in [3.8, 4) is 0 Å². The van der Waals surface area contributed by atoms with Gasteiger partial charge < -0.3 is 0 Å². The number of aromatic nitrogens is 2. The van der Waals surface area contributed by atoms with Crippen LogP contribution in [-0.2, 0) is 5.41 Å². The minimum absolute atomic E-state index is 0.0957. The van der Waals surface area contributed by atoms with Crippen LogP contribution < -0.4 is 0 Å². The van der Waals surface area contributed by atoms with E-state index in [0.717, 1.165) is 11.1 Å². The molecule has 0 aliphatic rings. The smallest absolute Gasteiger partial charge is 0.197 e. The standard InChI is InChI=1S/C12H12BrFN2/c1-12(2,3)10-8-5-4-7(14)6-9(8)15-11(13)16-10/h4-6H,1-3H3. The largest absolute Gasteiger partial charge is 0.226 e. The topological polar surface area (TPSA) is 25.8 Å². The lowest BCUT2D eigenvalue weighted by Gasteiger charge is -2.19. The van der Waals surface area contributed by atoms with Crippen molar-refractivity contribution in [2.45, 2.75) is 26.2 Å². The third-order valence-corrected chi connectivity index (χ3v) is 2.70. The molecule has 1 aromatic carbocycles. The Kier molecular flexibility index (Phi) is 2.70. The van der Waals surface area contributed by atoms with Gasteiger partial charge in [0.1, 0.15) is 5.82 Å². The summed E-state index contributed by atoms with van der Waals surface area (Å²) < 4.78 is 13.6. The van der Waals surface area contributed by atoms with E-state index in [4.69, 9.17) is 0 Å². The van der Waals surface area contributed by atoms with Gasteiger partial charge in [0.05, 0.1) is 11.2 Å². The van der Waals surface area contributed by atoms with Crippen molar-refractivity contribution < 1.29 is 4.39 Å². The Morgan fingerprint density at radius 2 is 1.88 bits per heavy atom. The molecule has 0 saturated carbocycles. The van der Waals surface area contributed by atoms with Crippen molar-refractivity contribution >= 4 is 26.8 Å². The molecule has 2 aromatic rings. The first-order valence-electron chi connectivity index (χ1n) is 5.01. The molecule has 0 aliphatic carbocycles. The van der Waals surface area contributed by atoms with E-state index < -0.39 is 0 Å². The highest BCUT2D eigenvalue weighted by Gasteiger charge is 2.20. The van der Waals surface area contributed by atoms with Gasteiger partial charge in [0.2, 0.25) is 0 Å². The maximum absolute atomic E-state index is 13.1. The summed E-state index contributed by atoms with van der Waals surface area (Å²) in [5.74, 6) is -0.280. The number of hydrogen-bond acceptors (Lipinski definition) is 2. The third-order valence-electron chi connectivity index (χ3n) is 2.34. The molecule has 0 bridgehead atoms. The maximum Gasteiger partial charge on any atom is 0.197 e. The van der Waals surface area contributed by atoms with Gasteiger partial charge in [-0.2, -0.15) is 0 Å². The Labute approximate surface area is 102 Å². The zero-order valence-electron chi connectivity index (χ0n) is 9.38. The van der Waals surface area contributed by atoms with E-state index in [0.29, 0.717) is 10.3 Å². The van der Waals surface area contributed by atoms with Gasteiger partial charge in [-0.25, -0.2) is 14.4 Å². The van der Waals surface area contributed by atoms with Gasteiger partial charge >= 0.3 is 0 Å². The first kappa shape index (κ1) is 11.5. The molecule has 0 saturated heterocycles. The van der Waals surface area contributed by atoms with Crippen LogP contribution in [0, 0.1) is 5.82 Å². The summed E-state index contributed by atoms with van der Waals surface area (Å²) in [6.07, 6.45) is 0. The van der Waals surface area contributed by atoms with Crippen LogP contribution in [-0.4, -0.2) is 9.97 Å². The summed E-state index contributed by atoms with van der Waals surface area (Å²) in [6.45, 7) is 6.22. The zero-order valence-corrected chi connectivity index (χ0v) is 11.0. The predicted octanol–water partition coefficient (Wildman–Crippen LogP) is 3.83. The fourth-order valence-corrected chi connectivity index (χ4v) is 2.01. The number of halogens is 2. The maximum atomic E-state index is 13.1. The number of fused-ring (bicyclic) bond motifs is 1. The van der Waals surface area contributed by atoms with Crippen molar-refractivity contribution in [3.05, 3.63) is 34.4 Å². The summed E-state index contributed by atoms with van der Waals surface area (Å²) in [5.41, 5.74) is 1.46. The van der Waals surface area contributed by atoms with Crippen molar-refractivity contribution in [1.82, 2.24) is 9.97 Å². The highest BCUT2D eigenvalue weighted by atomic mass is 79.9. The molecule has 0 amide bonds. The molecule has 2 nitrogen and oxygen atoms in total. The number of nitrogens with zero attached hydrogens (tertiary/aromatic N) is 2. The molecule has 2 rings (SSSR count). The molecule has 1 aromatic heterocycles. The zero-order chi connectivity index (χ0) is 11.9. The third kappa shape index (κ3) is 2.07. The molecule has 16 heavy (non-hydrogen) atoms. The molecular formula is C12H12BrFN2. The first-order valence-corrected chi connectivity index (χ1v) is 5.80. The Balaban J connectivity index is 2.83. The van der Waals surface area contributed by atoms with Crippen LogP contribution in [0.25, 0.3) is 10.9 Å². The molecule has 0 radical (unpaired) electrons. The number of hydrogen-bond donors (Lipinski definition) is 0. The van der Waals surface area contributed by atoms with E-state index in [2.05, 4.69) is 46.7 Å². The number of rotatable bonds is 0. The molecule has 0 aliphatic heterocycles. The summed E-state index contributed by atoms with van der Waals surface area (Å²) in [6, 6.07) is 4.60. The fraction of sp³-hybridized carbons (Fsp3) is 0.333. The van der Waals surface area contributed by atoms with Gasteiger partial charge in [-0.1, -0.05) is 20.8 Å². The van der Waals surface area contributed by atoms with E-state index in [-0.39, 0.29) is 11.2 Å². The molecule has 0 unspecified atom stereocenters. The number of benzene rings is 1. The lowest BCUT2D eigenvalue weighted by Crippen LogP contribution is -2.15. The van der Waals surface area contributed by atoms with Crippen LogP contribution in [0.15, 0.2) is 22.9 Å². The highest BCUT2D eigenvalue weighted by molar-refractivity contribution is 9.10. The van der Waals surface area contributed by atoms with Crippen molar-refractivity contribution in [1.29, 1.82) is 0 Å². The van der Waals surface area contributed by atoms with Crippen LogP contribution in [0.5, 0.6) is 0 Å². The Morgan fingerprint density at radius 3 is 2.50 bits per heavy atom. The molecule has 4 heteroatoms. The molecule has 1 heterocycles. The van der Waals surface area contributed by atoms with Gasteiger partial charge in [-0.3, -0.25) is 0 Å². The second-order valence-corrected chi connectivity index (χ2v) is 5.46. The lowest BCUT2D eigenvalue weighted by atomic mass is 9.89. The summed E-state index contributed by atoms with van der Waals surface area (Å²) in [7, 11) is 0. The van der Waals surface area contributed by atoms with Crippen LogP contribution >= 0.6 is 15.9 Å². The molecule has 0 atom stereocenters. The van der Waals surface area contributed by atoms with Crippen molar-refractivity contribution in [2.24, 2.45) is 0 Å². The SMILES string of the molecule is CC(C)(C)c1nc(Br)nc2cc(F)ccc12. The van der Waals surface area contributed by atoms with E-state index >= 15 is 0 Å². The minimum atomic E-state index is -0.280. The molecular weight excluding hydrogens is 271 g/mol. The van der Waals surface area contributed by atoms with Crippen molar-refractivity contribution in [2.75, 3.05) is 0 Å². The van der Waals surface area contributed by atoms with Crippen LogP contribution in [0.4, 0.5) is 4.39 Å². The second kappa shape index (κ2) is 3.77. The van der Waals surface area contributed by atoms with E-state index in [9.17, 15) is 4.39 Å². The quantitative estimate of drug-likeness (QED) is 0.687. The Morgan fingerprint density at radius 1 is 1.19 bits per heavy atom. The molecule has 0 spiro atoms. The van der Waals surface area contributed by atoms with Gasteiger partial charge in [-0.15, -0.1) is 0 Å². The summed E-state index contributed by atoms with van der Waals surface area (Å²) in [5, 5.41) is 0.900. The molecule has 0 fully saturated rings. The van der Waals surface area contributed by atoms with E-state index in [1.54, 1.807) is 6.07 Å². The van der Waals surface area contributed by atoms with Gasteiger partial charge in [0.15, 0.2) is 4.73 Å². The summed E-state index contributed by atoms with van der Waals surface area (Å²) in [4.78, 5) is 8.56. The van der Waals surface area contributed by atoms with Crippen molar-refractivity contribution in [3.63, 3.8) is 0 Å². The van der Waals surface area contributed by atoms with Gasteiger partial charge in [0, 0.05) is 16.9 Å². The minimum Gasteiger partial charge on any atom is -0.226 e. The molecule has 84 valence electrons. The highest BCUT2D eigenvalue weighted by Crippen LogP contribution is 2.28. The van der Waals surface area contributed by atoms with Gasteiger partial charge in [-0.05, 0) is 28.1 Å². The predicted molar refractivity (Wildman–Crippen MR) is 65.9 cm³/mol. The van der Waals surface area contributed by atoms with E-state index in [1.165, 1.54) is 12.1 Å². The van der Waals surface area contributed by atoms with Crippen LogP contribution in [0.1, 0.15) is 26.5 Å². The fourth-order valence-electron chi connectivity index (χ4n) is 1.65. The van der Waals surface area contributed by atoms with E-state index in [1.807, 2.05) is 0 Å². The molecule has 0 N–H and O–H groups in total. The monoisotopic (exact) mass is 282 g/mol. The van der Waals surface area contributed by atoms with Crippen LogP contribution in [0.3, 0.4) is 0 Å².